The van der Waals surface area contributed by atoms with Crippen molar-refractivity contribution in [3.63, 3.8) is 0 Å². The molecule has 26 heavy (non-hydrogen) atoms. The van der Waals surface area contributed by atoms with E-state index in [9.17, 15) is 5.11 Å². The number of benzene rings is 1. The van der Waals surface area contributed by atoms with Crippen LogP contribution >= 0.6 is 24.0 Å². The molecule has 2 rings (SSSR count). The van der Waals surface area contributed by atoms with Crippen LogP contribution in [-0.4, -0.2) is 82.2 Å². The number of para-hydroxylation sites is 2. The molecule has 1 fully saturated rings. The van der Waals surface area contributed by atoms with Crippen LogP contribution in [0.3, 0.4) is 0 Å². The Labute approximate surface area is 173 Å². The first kappa shape index (κ1) is 22.8. The molecule has 0 atom stereocenters. The van der Waals surface area contributed by atoms with Gasteiger partial charge in [0.25, 0.3) is 0 Å². The summed E-state index contributed by atoms with van der Waals surface area (Å²) in [6.45, 7) is 8.78. The summed E-state index contributed by atoms with van der Waals surface area (Å²) in [5.74, 6) is 1.26. The van der Waals surface area contributed by atoms with Crippen LogP contribution in [-0.2, 0) is 9.47 Å². The number of hydrogen-bond donors (Lipinski definition) is 2. The van der Waals surface area contributed by atoms with Gasteiger partial charge in [-0.1, -0.05) is 12.1 Å². The molecule has 0 unspecified atom stereocenters. The van der Waals surface area contributed by atoms with Gasteiger partial charge < -0.3 is 29.7 Å². The number of aromatic hydroxyl groups is 1. The average Bonchev–Trinajstić information content (AvgIpc) is 2.64. The van der Waals surface area contributed by atoms with E-state index in [-0.39, 0.29) is 24.0 Å². The van der Waals surface area contributed by atoms with E-state index in [0.29, 0.717) is 32.1 Å². The molecule has 0 amide bonds. The number of phenolic OH excluding ortho intramolecular Hbond substituents is 1. The Morgan fingerprint density at radius 3 is 2.54 bits per heavy atom. The van der Waals surface area contributed by atoms with Gasteiger partial charge in [-0.15, -0.1) is 24.0 Å². The lowest BCUT2D eigenvalue weighted by molar-refractivity contribution is 0.0747. The number of aliphatic imine (C=N–C) groups is 1. The highest BCUT2D eigenvalue weighted by Crippen LogP contribution is 2.27. The maximum atomic E-state index is 10.0. The van der Waals surface area contributed by atoms with Gasteiger partial charge in [-0.3, -0.25) is 4.99 Å². The molecule has 148 valence electrons. The first-order chi connectivity index (χ1) is 12.3. The lowest BCUT2D eigenvalue weighted by Crippen LogP contribution is -2.52. The molecule has 0 radical (unpaired) electrons. The molecular weight excluding hydrogens is 447 g/mol. The highest BCUT2D eigenvalue weighted by molar-refractivity contribution is 14.0. The average molecular weight is 478 g/mol. The van der Waals surface area contributed by atoms with Gasteiger partial charge in [0.2, 0.25) is 0 Å². The van der Waals surface area contributed by atoms with E-state index in [1.54, 1.807) is 13.2 Å². The van der Waals surface area contributed by atoms with Gasteiger partial charge in [-0.05, 0) is 19.1 Å². The largest absolute Gasteiger partial charge is 0.506 e. The summed E-state index contributed by atoms with van der Waals surface area (Å²) >= 11 is 0. The maximum absolute atomic E-state index is 10.0. The quantitative estimate of drug-likeness (QED) is 0.257. The van der Waals surface area contributed by atoms with Gasteiger partial charge in [0.15, 0.2) is 5.96 Å². The van der Waals surface area contributed by atoms with E-state index in [4.69, 9.17) is 9.47 Å². The highest BCUT2D eigenvalue weighted by atomic mass is 127. The minimum atomic E-state index is 0. The Kier molecular flexibility index (Phi) is 11.4. The molecule has 1 aliphatic heterocycles. The molecule has 0 aliphatic carbocycles. The first-order valence-corrected chi connectivity index (χ1v) is 8.89. The summed E-state index contributed by atoms with van der Waals surface area (Å²) in [7, 11) is 1.67. The number of halogens is 1. The number of anilines is 1. The molecular formula is C18H31IN4O3. The first-order valence-electron chi connectivity index (χ1n) is 8.89. The number of nitrogens with zero attached hydrogens (tertiary/aromatic N) is 3. The van der Waals surface area contributed by atoms with Crippen molar-refractivity contribution in [2.45, 2.75) is 6.92 Å². The third-order valence-electron chi connectivity index (χ3n) is 4.07. The van der Waals surface area contributed by atoms with Crippen LogP contribution in [0.4, 0.5) is 5.69 Å². The van der Waals surface area contributed by atoms with Crippen molar-refractivity contribution >= 4 is 35.6 Å². The van der Waals surface area contributed by atoms with Crippen molar-refractivity contribution in [1.29, 1.82) is 0 Å². The van der Waals surface area contributed by atoms with E-state index >= 15 is 0 Å². The van der Waals surface area contributed by atoms with Gasteiger partial charge in [0.1, 0.15) is 5.75 Å². The van der Waals surface area contributed by atoms with E-state index in [2.05, 4.69) is 27.0 Å². The second-order valence-corrected chi connectivity index (χ2v) is 5.80. The van der Waals surface area contributed by atoms with Crippen molar-refractivity contribution < 1.29 is 14.6 Å². The molecule has 1 aliphatic rings. The number of ether oxygens (including phenoxy) is 2. The summed E-state index contributed by atoms with van der Waals surface area (Å²) in [5, 5.41) is 13.4. The molecule has 0 saturated carbocycles. The third kappa shape index (κ3) is 7.16. The molecule has 1 aromatic carbocycles. The van der Waals surface area contributed by atoms with Crippen LogP contribution in [0, 0.1) is 0 Å². The lowest BCUT2D eigenvalue weighted by Gasteiger charge is -2.37. The van der Waals surface area contributed by atoms with Crippen molar-refractivity contribution in [2.75, 3.05) is 71.1 Å². The van der Waals surface area contributed by atoms with Crippen LogP contribution in [0.2, 0.25) is 0 Å². The van der Waals surface area contributed by atoms with Crippen LogP contribution in [0.5, 0.6) is 5.75 Å². The highest BCUT2D eigenvalue weighted by Gasteiger charge is 2.21. The maximum Gasteiger partial charge on any atom is 0.194 e. The lowest BCUT2D eigenvalue weighted by atomic mass is 10.2. The predicted molar refractivity (Wildman–Crippen MR) is 116 cm³/mol. The Hall–Kier alpha value is -1.26. The van der Waals surface area contributed by atoms with Crippen LogP contribution in [0.1, 0.15) is 6.92 Å². The summed E-state index contributed by atoms with van der Waals surface area (Å²) < 4.78 is 10.4. The minimum Gasteiger partial charge on any atom is -0.506 e. The number of nitrogens with one attached hydrogen (secondary N) is 1. The van der Waals surface area contributed by atoms with Crippen molar-refractivity contribution in [3.8, 4) is 5.75 Å². The molecule has 8 heteroatoms. The molecule has 0 aromatic heterocycles. The molecule has 0 bridgehead atoms. The zero-order valence-corrected chi connectivity index (χ0v) is 18.0. The summed E-state index contributed by atoms with van der Waals surface area (Å²) in [6.07, 6.45) is 0. The number of hydrogen-bond acceptors (Lipinski definition) is 5. The van der Waals surface area contributed by atoms with E-state index < -0.39 is 0 Å². The van der Waals surface area contributed by atoms with Crippen LogP contribution in [0.15, 0.2) is 29.3 Å². The molecule has 1 aromatic rings. The van der Waals surface area contributed by atoms with Crippen molar-refractivity contribution in [1.82, 2.24) is 10.2 Å². The molecule has 0 spiro atoms. The van der Waals surface area contributed by atoms with Crippen molar-refractivity contribution in [3.05, 3.63) is 24.3 Å². The molecule has 1 saturated heterocycles. The normalized spacial score (nSPS) is 14.9. The Bertz CT molecular complexity index is 537. The predicted octanol–water partition coefficient (Wildman–Crippen LogP) is 1.76. The fourth-order valence-corrected chi connectivity index (χ4v) is 2.78. The number of rotatable bonds is 8. The Morgan fingerprint density at radius 1 is 1.15 bits per heavy atom. The minimum absolute atomic E-state index is 0. The summed E-state index contributed by atoms with van der Waals surface area (Å²) in [4.78, 5) is 9.12. The number of guanidine groups is 1. The number of methoxy groups -OCH3 is 1. The van der Waals surface area contributed by atoms with Gasteiger partial charge in [0, 0.05) is 39.8 Å². The second kappa shape index (κ2) is 13.0. The van der Waals surface area contributed by atoms with Crippen LogP contribution < -0.4 is 10.2 Å². The van der Waals surface area contributed by atoms with Gasteiger partial charge in [-0.2, -0.15) is 0 Å². The fourth-order valence-electron chi connectivity index (χ4n) is 2.78. The molecule has 7 nitrogen and oxygen atoms in total. The fraction of sp³-hybridized carbons (Fsp3) is 0.611. The third-order valence-corrected chi connectivity index (χ3v) is 4.07. The zero-order chi connectivity index (χ0) is 17.9. The molecule has 2 N–H and O–H groups in total. The number of phenols is 1. The SMILES string of the molecule is CCNC(=NCCOCCOC)N1CCN(c2ccccc2O)CC1.I. The van der Waals surface area contributed by atoms with Gasteiger partial charge in [-0.25, -0.2) is 0 Å². The second-order valence-electron chi connectivity index (χ2n) is 5.80. The van der Waals surface area contributed by atoms with Crippen LogP contribution in [0.25, 0.3) is 0 Å². The zero-order valence-electron chi connectivity index (χ0n) is 15.7. The topological polar surface area (TPSA) is 69.6 Å². The van der Waals surface area contributed by atoms with Gasteiger partial charge >= 0.3 is 0 Å². The smallest absolute Gasteiger partial charge is 0.194 e. The van der Waals surface area contributed by atoms with E-state index in [1.165, 1.54) is 0 Å². The summed E-state index contributed by atoms with van der Waals surface area (Å²) in [6, 6.07) is 7.49. The molecule has 1 heterocycles. The van der Waals surface area contributed by atoms with E-state index in [0.717, 1.165) is 44.4 Å². The summed E-state index contributed by atoms with van der Waals surface area (Å²) in [5.41, 5.74) is 0.899. The van der Waals surface area contributed by atoms with Gasteiger partial charge in [0.05, 0.1) is 32.1 Å². The standard InChI is InChI=1S/C18H30N4O3.HI/c1-3-19-18(20-8-13-25-15-14-24-2)22-11-9-21(10-12-22)16-6-4-5-7-17(16)23;/h4-7,23H,3,8-15H2,1-2H3,(H,19,20);1H. The Balaban J connectivity index is 0.00000338. The Morgan fingerprint density at radius 2 is 1.88 bits per heavy atom. The van der Waals surface area contributed by atoms with Crippen molar-refractivity contribution in [2.24, 2.45) is 4.99 Å². The van der Waals surface area contributed by atoms with E-state index in [1.807, 2.05) is 18.2 Å². The monoisotopic (exact) mass is 478 g/mol. The number of piperazine rings is 1.